The van der Waals surface area contributed by atoms with Crippen molar-refractivity contribution in [1.29, 1.82) is 0 Å². The molecule has 1 aromatic rings. The van der Waals surface area contributed by atoms with Crippen molar-refractivity contribution >= 4 is 0 Å². The van der Waals surface area contributed by atoms with E-state index in [0.717, 1.165) is 11.1 Å². The van der Waals surface area contributed by atoms with Crippen LogP contribution in [0, 0.1) is 32.6 Å². The number of benzene rings is 1. The van der Waals surface area contributed by atoms with Gasteiger partial charge < -0.3 is 5.73 Å². The van der Waals surface area contributed by atoms with Crippen LogP contribution in [0.5, 0.6) is 0 Å². The number of hydrogen-bond donors (Lipinski definition) is 1. The monoisotopic (exact) mass is 299 g/mol. The van der Waals surface area contributed by atoms with Crippen LogP contribution in [0.4, 0.5) is 13.2 Å². The Kier molecular flexibility index (Phi) is 4.66. The first-order chi connectivity index (χ1) is 9.70. The lowest BCUT2D eigenvalue weighted by Crippen LogP contribution is -2.32. The van der Waals surface area contributed by atoms with E-state index in [-0.39, 0.29) is 24.8 Å². The summed E-state index contributed by atoms with van der Waals surface area (Å²) in [6.45, 7) is 6.14. The molecule has 1 fully saturated rings. The van der Waals surface area contributed by atoms with Crippen LogP contribution >= 0.6 is 0 Å². The second-order valence-electron chi connectivity index (χ2n) is 6.47. The summed E-state index contributed by atoms with van der Waals surface area (Å²) in [6.07, 6.45) is -2.49. The van der Waals surface area contributed by atoms with E-state index < -0.39 is 12.1 Å². The molecule has 0 radical (unpaired) electrons. The molecule has 0 saturated heterocycles. The smallest absolute Gasteiger partial charge is 0.324 e. The number of rotatable bonds is 2. The zero-order chi connectivity index (χ0) is 15.8. The van der Waals surface area contributed by atoms with E-state index >= 15 is 0 Å². The lowest BCUT2D eigenvalue weighted by atomic mass is 9.76. The highest BCUT2D eigenvalue weighted by Gasteiger charge is 2.42. The maximum Gasteiger partial charge on any atom is 0.391 e. The molecule has 1 atom stereocenters. The average molecular weight is 299 g/mol. The van der Waals surface area contributed by atoms with Gasteiger partial charge in [-0.05, 0) is 74.6 Å². The molecule has 1 aromatic carbocycles. The third-order valence-corrected chi connectivity index (χ3v) is 4.98. The normalized spacial score (nSPS) is 24.9. The second kappa shape index (κ2) is 5.99. The minimum Gasteiger partial charge on any atom is -0.324 e. The zero-order valence-electron chi connectivity index (χ0n) is 12.9. The van der Waals surface area contributed by atoms with Crippen molar-refractivity contribution in [2.24, 2.45) is 17.6 Å². The van der Waals surface area contributed by atoms with Crippen LogP contribution in [0.1, 0.15) is 54.0 Å². The van der Waals surface area contributed by atoms with Crippen molar-refractivity contribution in [2.45, 2.75) is 58.7 Å². The highest BCUT2D eigenvalue weighted by molar-refractivity contribution is 5.38. The summed E-state index contributed by atoms with van der Waals surface area (Å²) in [5, 5.41) is 0. The molecule has 1 aliphatic rings. The summed E-state index contributed by atoms with van der Waals surface area (Å²) in [4.78, 5) is 0. The number of nitrogens with two attached hydrogens (primary N) is 1. The largest absolute Gasteiger partial charge is 0.391 e. The Bertz CT molecular complexity index is 499. The summed E-state index contributed by atoms with van der Waals surface area (Å²) in [7, 11) is 0. The van der Waals surface area contributed by atoms with Crippen molar-refractivity contribution < 1.29 is 13.2 Å². The highest BCUT2D eigenvalue weighted by atomic mass is 19.4. The van der Waals surface area contributed by atoms with E-state index in [1.165, 1.54) is 11.1 Å². The molecule has 1 unspecified atom stereocenters. The average Bonchev–Trinajstić information content (AvgIpc) is 2.41. The van der Waals surface area contributed by atoms with Crippen LogP contribution in [-0.2, 0) is 0 Å². The molecular weight excluding hydrogens is 275 g/mol. The maximum atomic E-state index is 12.7. The molecule has 21 heavy (non-hydrogen) atoms. The van der Waals surface area contributed by atoms with E-state index in [0.29, 0.717) is 12.8 Å². The first-order valence-electron chi connectivity index (χ1n) is 7.60. The summed E-state index contributed by atoms with van der Waals surface area (Å²) in [6, 6.07) is 4.07. The van der Waals surface area contributed by atoms with Gasteiger partial charge in [0.15, 0.2) is 0 Å². The first kappa shape index (κ1) is 16.3. The van der Waals surface area contributed by atoms with Gasteiger partial charge in [0.05, 0.1) is 5.92 Å². The van der Waals surface area contributed by atoms with Crippen LogP contribution in [0.15, 0.2) is 12.1 Å². The maximum absolute atomic E-state index is 12.7. The van der Waals surface area contributed by atoms with Gasteiger partial charge in [-0.2, -0.15) is 13.2 Å². The molecule has 0 spiro atoms. The minimum atomic E-state index is -4.05. The minimum absolute atomic E-state index is 0.154. The third kappa shape index (κ3) is 3.60. The molecule has 0 aromatic heterocycles. The van der Waals surface area contributed by atoms with Gasteiger partial charge in [0, 0.05) is 6.04 Å². The summed E-state index contributed by atoms with van der Waals surface area (Å²) in [5.41, 5.74) is 11.0. The lowest BCUT2D eigenvalue weighted by molar-refractivity contribution is -0.184. The molecule has 118 valence electrons. The predicted octanol–water partition coefficient (Wildman–Crippen LogP) is 4.98. The Hall–Kier alpha value is -1.03. The number of hydrogen-bond acceptors (Lipinski definition) is 1. The van der Waals surface area contributed by atoms with E-state index in [1.807, 2.05) is 13.8 Å². The molecule has 1 nitrogen and oxygen atoms in total. The van der Waals surface area contributed by atoms with Gasteiger partial charge in [0.1, 0.15) is 0 Å². The Balaban J connectivity index is 2.09. The number of alkyl halides is 3. The second-order valence-corrected chi connectivity index (χ2v) is 6.47. The summed E-state index contributed by atoms with van der Waals surface area (Å²) in [5.74, 6) is -0.980. The van der Waals surface area contributed by atoms with Crippen LogP contribution < -0.4 is 5.73 Å². The molecular formula is C17H24F3N. The fraction of sp³-hybridized carbons (Fsp3) is 0.647. The summed E-state index contributed by atoms with van der Waals surface area (Å²) >= 11 is 0. The molecule has 2 N–H and O–H groups in total. The van der Waals surface area contributed by atoms with Gasteiger partial charge in [-0.3, -0.25) is 0 Å². The van der Waals surface area contributed by atoms with Gasteiger partial charge in [-0.25, -0.2) is 0 Å². The van der Waals surface area contributed by atoms with E-state index in [1.54, 1.807) is 0 Å². The first-order valence-corrected chi connectivity index (χ1v) is 7.60. The molecule has 2 rings (SSSR count). The van der Waals surface area contributed by atoms with Crippen LogP contribution in [-0.4, -0.2) is 6.18 Å². The van der Waals surface area contributed by atoms with Crippen molar-refractivity contribution in [3.8, 4) is 0 Å². The molecule has 0 amide bonds. The van der Waals surface area contributed by atoms with Crippen LogP contribution in [0.3, 0.4) is 0 Å². The zero-order valence-corrected chi connectivity index (χ0v) is 12.9. The third-order valence-electron chi connectivity index (χ3n) is 4.98. The standard InChI is InChI=1S/C17H24F3N/c1-10-8-12(3)15(9-11(10)2)16(21)13-4-6-14(7-5-13)17(18,19)20/h8-9,13-14,16H,4-7,21H2,1-3H3. The Labute approximate surface area is 124 Å². The number of halogens is 3. The van der Waals surface area contributed by atoms with Crippen LogP contribution in [0.2, 0.25) is 0 Å². The molecule has 0 heterocycles. The fourth-order valence-corrected chi connectivity index (χ4v) is 3.40. The van der Waals surface area contributed by atoms with Crippen molar-refractivity contribution in [3.05, 3.63) is 34.4 Å². The lowest BCUT2D eigenvalue weighted by Gasteiger charge is -2.33. The van der Waals surface area contributed by atoms with Crippen molar-refractivity contribution in [3.63, 3.8) is 0 Å². The molecule has 0 bridgehead atoms. The van der Waals surface area contributed by atoms with Gasteiger partial charge >= 0.3 is 6.18 Å². The molecule has 4 heteroatoms. The highest BCUT2D eigenvalue weighted by Crippen LogP contribution is 2.43. The van der Waals surface area contributed by atoms with E-state index in [4.69, 9.17) is 5.73 Å². The van der Waals surface area contributed by atoms with Gasteiger partial charge in [-0.15, -0.1) is 0 Å². The van der Waals surface area contributed by atoms with Gasteiger partial charge in [0.2, 0.25) is 0 Å². The Morgan fingerprint density at radius 1 is 0.952 bits per heavy atom. The van der Waals surface area contributed by atoms with E-state index in [9.17, 15) is 13.2 Å². The Morgan fingerprint density at radius 2 is 1.48 bits per heavy atom. The van der Waals surface area contributed by atoms with Crippen molar-refractivity contribution in [2.75, 3.05) is 0 Å². The van der Waals surface area contributed by atoms with Gasteiger partial charge in [0.25, 0.3) is 0 Å². The number of aryl methyl sites for hydroxylation is 3. The van der Waals surface area contributed by atoms with Gasteiger partial charge in [-0.1, -0.05) is 12.1 Å². The topological polar surface area (TPSA) is 26.0 Å². The molecule has 0 aliphatic heterocycles. The predicted molar refractivity (Wildman–Crippen MR) is 79.1 cm³/mol. The fourth-order valence-electron chi connectivity index (χ4n) is 3.40. The molecule has 1 aliphatic carbocycles. The summed E-state index contributed by atoms with van der Waals surface area (Å²) < 4.78 is 38.2. The van der Waals surface area contributed by atoms with E-state index in [2.05, 4.69) is 19.1 Å². The van der Waals surface area contributed by atoms with Crippen LogP contribution in [0.25, 0.3) is 0 Å². The Morgan fingerprint density at radius 3 is 2.00 bits per heavy atom. The van der Waals surface area contributed by atoms with Crippen molar-refractivity contribution in [1.82, 2.24) is 0 Å². The molecule has 1 saturated carbocycles. The SMILES string of the molecule is Cc1cc(C)c(C(N)C2CCC(C(F)(F)F)CC2)cc1C. The quantitative estimate of drug-likeness (QED) is 0.819.